The molecule has 0 atom stereocenters. The highest BCUT2D eigenvalue weighted by Gasteiger charge is 2.01. The van der Waals surface area contributed by atoms with E-state index in [2.05, 4.69) is 32.0 Å². The third-order valence-corrected chi connectivity index (χ3v) is 12.8. The number of aliphatic hydroxyl groups is 1. The van der Waals surface area contributed by atoms with E-state index in [1.807, 2.05) is 23.5 Å². The van der Waals surface area contributed by atoms with Crippen LogP contribution in [0.3, 0.4) is 0 Å². The van der Waals surface area contributed by atoms with Gasteiger partial charge < -0.3 is 24.9 Å². The molecule has 2 N–H and O–H groups in total. The quantitative estimate of drug-likeness (QED) is 0.0245. The number of carbonyl (C=O) groups is 1. The van der Waals surface area contributed by atoms with E-state index in [1.54, 1.807) is 82.3 Å². The Labute approximate surface area is 258 Å². The summed E-state index contributed by atoms with van der Waals surface area (Å²) in [5.41, 5.74) is 0. The normalized spacial score (nSPS) is 11.4. The van der Waals surface area contributed by atoms with Crippen LogP contribution in [0.5, 0.6) is 0 Å². The molecule has 0 aromatic heterocycles. The summed E-state index contributed by atoms with van der Waals surface area (Å²) >= 11 is 15.5. The number of hydrogen-bond acceptors (Lipinski definition) is 18. The number of nitrogens with one attached hydrogen (secondary N) is 1. The van der Waals surface area contributed by atoms with Crippen LogP contribution in [0.1, 0.15) is 6.92 Å². The van der Waals surface area contributed by atoms with E-state index in [9.17, 15) is 4.79 Å². The molecule has 0 aromatic carbocycles. The molecule has 1 amide bonds. The summed E-state index contributed by atoms with van der Waals surface area (Å²) in [5, 5.41) is 16.8. The van der Waals surface area contributed by atoms with Gasteiger partial charge in [-0.1, -0.05) is 6.92 Å². The molecular weight excluding hydrogens is 659 g/mol. The Hall–Kier alpha value is 1.24. The highest BCUT2D eigenvalue weighted by Crippen LogP contribution is 2.22. The summed E-state index contributed by atoms with van der Waals surface area (Å²) < 4.78 is 5.15. The lowest BCUT2D eigenvalue weighted by Crippen LogP contribution is -2.23. The molecular formula is C18H35N3O7S9. The fourth-order valence-corrected chi connectivity index (χ4v) is 10.0. The minimum Gasteiger partial charge on any atom is -0.438 e. The third-order valence-electron chi connectivity index (χ3n) is 2.80. The number of nitrogens with zero attached hydrogens (tertiary/aromatic N) is 2. The molecule has 10 nitrogen and oxygen atoms in total. The number of rotatable bonds is 29. The molecule has 0 saturated heterocycles. The second kappa shape index (κ2) is 35.3. The van der Waals surface area contributed by atoms with Crippen molar-refractivity contribution < 1.29 is 34.2 Å². The Morgan fingerprint density at radius 3 is 2.00 bits per heavy atom. The minimum absolute atomic E-state index is 0.0844. The molecule has 0 aliphatic carbocycles. The number of alkyl carbamates (subject to hydrolysis) is 1. The first kappa shape index (κ1) is 38.2. The van der Waals surface area contributed by atoms with E-state index in [4.69, 9.17) is 19.6 Å². The van der Waals surface area contributed by atoms with Crippen molar-refractivity contribution in [3.63, 3.8) is 0 Å². The Kier molecular flexibility index (Phi) is 36.4. The fraction of sp³-hybridized carbons (Fsp3) is 0.833. The standard InChI is InChI=1S/C18H35N3O7S9/c1-2-29-7-19-6-27-28-11-33-15-37-17-36-14-32-10-24-18(23)21-9-31-13-35-16-34-12-30-8-20-5-26-25-4-3-22/h5-6,22H,2-4,7-17H2,1H3,(H,21,23). The highest BCUT2D eigenvalue weighted by atomic mass is 32.3. The van der Waals surface area contributed by atoms with Gasteiger partial charge in [0.15, 0.2) is 0 Å². The van der Waals surface area contributed by atoms with Crippen molar-refractivity contribution in [1.29, 1.82) is 0 Å². The third kappa shape index (κ3) is 35.2. The van der Waals surface area contributed by atoms with Gasteiger partial charge in [0.05, 0.1) is 24.2 Å². The molecule has 0 rings (SSSR count). The maximum absolute atomic E-state index is 11.7. The van der Waals surface area contributed by atoms with Gasteiger partial charge in [-0.25, -0.2) is 14.8 Å². The van der Waals surface area contributed by atoms with Crippen LogP contribution >= 0.6 is 106 Å². The van der Waals surface area contributed by atoms with E-state index >= 15 is 0 Å². The van der Waals surface area contributed by atoms with Crippen LogP contribution < -0.4 is 5.32 Å². The van der Waals surface area contributed by atoms with Crippen LogP contribution in [0.25, 0.3) is 0 Å². The molecule has 19 heteroatoms. The molecule has 37 heavy (non-hydrogen) atoms. The van der Waals surface area contributed by atoms with Gasteiger partial charge in [0.1, 0.15) is 18.5 Å². The van der Waals surface area contributed by atoms with Gasteiger partial charge in [0.2, 0.25) is 12.8 Å². The monoisotopic (exact) mass is 693 g/mol. The summed E-state index contributed by atoms with van der Waals surface area (Å²) in [6.45, 7) is 2.13. The zero-order chi connectivity index (χ0) is 26.9. The smallest absolute Gasteiger partial charge is 0.408 e. The van der Waals surface area contributed by atoms with Gasteiger partial charge >= 0.3 is 6.09 Å². The largest absolute Gasteiger partial charge is 0.438 e. The van der Waals surface area contributed by atoms with E-state index < -0.39 is 0 Å². The minimum atomic E-state index is -0.380. The first-order valence-electron chi connectivity index (χ1n) is 10.6. The topological polar surface area (TPSA) is 120 Å². The molecule has 0 unspecified atom stereocenters. The number of hydrogen-bond donors (Lipinski definition) is 2. The highest BCUT2D eigenvalue weighted by molar-refractivity contribution is 8.26. The van der Waals surface area contributed by atoms with Crippen molar-refractivity contribution in [2.45, 2.75) is 6.92 Å². The molecule has 218 valence electrons. The number of ether oxygens (including phenoxy) is 1. The van der Waals surface area contributed by atoms with Crippen LogP contribution in [0.15, 0.2) is 9.98 Å². The zero-order valence-corrected chi connectivity index (χ0v) is 27.9. The predicted molar refractivity (Wildman–Crippen MR) is 175 cm³/mol. The number of aliphatic hydroxyl groups excluding tert-OH is 1. The number of amides is 1. The fourth-order valence-electron chi connectivity index (χ4n) is 1.42. The molecule has 0 radical (unpaired) electrons. The van der Waals surface area contributed by atoms with Gasteiger partial charge in [0.25, 0.3) is 0 Å². The molecule has 0 fully saturated rings. The molecule has 0 aromatic rings. The summed E-state index contributed by atoms with van der Waals surface area (Å²) in [4.78, 5) is 38.7. The first-order valence-corrected chi connectivity index (χ1v) is 20.9. The van der Waals surface area contributed by atoms with Crippen molar-refractivity contribution in [1.82, 2.24) is 5.32 Å². The lowest BCUT2D eigenvalue weighted by molar-refractivity contribution is -0.221. The second-order valence-electron chi connectivity index (χ2n) is 5.51. The molecule has 0 bridgehead atoms. The van der Waals surface area contributed by atoms with Crippen molar-refractivity contribution in [3.05, 3.63) is 0 Å². The molecule has 0 saturated carbocycles. The Morgan fingerprint density at radius 2 is 1.32 bits per heavy atom. The van der Waals surface area contributed by atoms with Crippen molar-refractivity contribution in [2.24, 2.45) is 9.98 Å². The second-order valence-corrected chi connectivity index (χ2v) is 16.7. The average molecular weight is 694 g/mol. The van der Waals surface area contributed by atoms with Crippen LogP contribution in [-0.4, -0.2) is 103 Å². The Bertz CT molecular complexity index is 547. The number of aliphatic imine (C=N–C) groups is 2. The van der Waals surface area contributed by atoms with Crippen LogP contribution in [0, 0.1) is 0 Å². The predicted octanol–water partition coefficient (Wildman–Crippen LogP) is 5.81. The van der Waals surface area contributed by atoms with E-state index in [0.717, 1.165) is 36.3 Å². The zero-order valence-electron chi connectivity index (χ0n) is 20.5. The molecule has 0 aliphatic heterocycles. The van der Waals surface area contributed by atoms with Crippen molar-refractivity contribution in [3.8, 4) is 0 Å². The Balaban J connectivity index is 3.20. The van der Waals surface area contributed by atoms with E-state index in [1.165, 1.54) is 12.8 Å². The summed E-state index contributed by atoms with van der Waals surface area (Å²) in [6.07, 6.45) is 2.19. The number of carbonyl (C=O) groups excluding carboxylic acids is 1. The average Bonchev–Trinajstić information content (AvgIpc) is 2.90. The van der Waals surface area contributed by atoms with E-state index in [-0.39, 0.29) is 19.3 Å². The van der Waals surface area contributed by atoms with Crippen LogP contribution in [-0.2, 0) is 24.3 Å². The summed E-state index contributed by atoms with van der Waals surface area (Å²) in [6, 6.07) is 0. The maximum atomic E-state index is 11.7. The van der Waals surface area contributed by atoms with Gasteiger partial charge in [-0.05, 0) is 5.75 Å². The van der Waals surface area contributed by atoms with Crippen LogP contribution in [0.2, 0.25) is 0 Å². The summed E-state index contributed by atoms with van der Waals surface area (Å²) in [5.74, 6) is 3.67. The van der Waals surface area contributed by atoms with Crippen LogP contribution in [0.4, 0.5) is 4.79 Å². The maximum Gasteiger partial charge on any atom is 0.408 e. The van der Waals surface area contributed by atoms with Gasteiger partial charge in [0, 0.05) is 30.5 Å². The lowest BCUT2D eigenvalue weighted by Gasteiger charge is -2.07. The molecule has 0 heterocycles. The van der Waals surface area contributed by atoms with E-state index in [0.29, 0.717) is 29.5 Å². The molecule has 0 aliphatic rings. The van der Waals surface area contributed by atoms with Gasteiger partial charge in [-0.2, -0.15) is 9.78 Å². The lowest BCUT2D eigenvalue weighted by atomic mass is 10.8. The first-order chi connectivity index (χ1) is 18.3. The van der Waals surface area contributed by atoms with Gasteiger partial charge in [-0.15, -0.1) is 106 Å². The van der Waals surface area contributed by atoms with Crippen molar-refractivity contribution in [2.75, 3.05) is 79.0 Å². The Morgan fingerprint density at radius 1 is 0.757 bits per heavy atom. The van der Waals surface area contributed by atoms with Gasteiger partial charge in [-0.3, -0.25) is 0 Å². The number of thioether (sulfide) groups is 9. The SMILES string of the molecule is CCSCN=COOCSCSCSCSCOC(=O)NCSCSCSCSCN=COOCCO. The van der Waals surface area contributed by atoms with Crippen molar-refractivity contribution >= 4 is 125 Å². The summed E-state index contributed by atoms with van der Waals surface area (Å²) in [7, 11) is 0. The molecule has 0 spiro atoms.